The van der Waals surface area contributed by atoms with Crippen molar-refractivity contribution >= 4 is 64.6 Å². The highest BCUT2D eigenvalue weighted by molar-refractivity contribution is 6.21. The fourth-order valence-corrected chi connectivity index (χ4v) is 10.3. The molecule has 2 heteroatoms. The molecule has 0 amide bonds. The summed E-state index contributed by atoms with van der Waals surface area (Å²) in [4.78, 5) is 10.7. The van der Waals surface area contributed by atoms with E-state index >= 15 is 0 Å². The number of hydrogen-bond donors (Lipinski definition) is 0. The van der Waals surface area contributed by atoms with Crippen molar-refractivity contribution in [3.05, 3.63) is 243 Å². The van der Waals surface area contributed by atoms with Gasteiger partial charge in [0.1, 0.15) is 0 Å². The molecule has 66 heavy (non-hydrogen) atoms. The predicted octanol–water partition coefficient (Wildman–Crippen LogP) is 17.4. The third-order valence-corrected chi connectivity index (χ3v) is 13.5. The summed E-state index contributed by atoms with van der Waals surface area (Å²) in [5, 5.41) is 15.0. The van der Waals surface area contributed by atoms with Crippen LogP contribution in [0.1, 0.15) is 0 Å². The van der Waals surface area contributed by atoms with Gasteiger partial charge in [0, 0.05) is 16.7 Å². The molecule has 0 radical (unpaired) electrons. The first kappa shape index (κ1) is 37.8. The maximum absolute atomic E-state index is 5.37. The Kier molecular flexibility index (Phi) is 8.89. The fourth-order valence-electron chi connectivity index (χ4n) is 10.3. The molecule has 0 aliphatic carbocycles. The molecule has 12 aromatic carbocycles. The zero-order chi connectivity index (χ0) is 43.6. The van der Waals surface area contributed by atoms with Crippen molar-refractivity contribution in [2.45, 2.75) is 0 Å². The first-order valence-electron chi connectivity index (χ1n) is 22.6. The van der Waals surface area contributed by atoms with Crippen LogP contribution in [0.3, 0.4) is 0 Å². The van der Waals surface area contributed by atoms with Gasteiger partial charge in [-0.1, -0.05) is 224 Å². The Bertz CT molecular complexity index is 3800. The van der Waals surface area contributed by atoms with E-state index < -0.39 is 0 Å². The van der Waals surface area contributed by atoms with Crippen LogP contribution < -0.4 is 0 Å². The number of rotatable bonds is 6. The molecule has 1 heterocycles. The van der Waals surface area contributed by atoms with Gasteiger partial charge in [0.15, 0.2) is 5.82 Å². The van der Waals surface area contributed by atoms with Gasteiger partial charge < -0.3 is 0 Å². The van der Waals surface area contributed by atoms with Gasteiger partial charge in [0.05, 0.1) is 11.4 Å². The lowest BCUT2D eigenvalue weighted by Gasteiger charge is -2.16. The molecule has 0 fully saturated rings. The zero-order valence-corrected chi connectivity index (χ0v) is 36.0. The van der Waals surface area contributed by atoms with Crippen LogP contribution in [-0.4, -0.2) is 9.97 Å². The van der Waals surface area contributed by atoms with E-state index in [1.165, 1.54) is 86.9 Å². The van der Waals surface area contributed by atoms with Crippen LogP contribution in [0.15, 0.2) is 243 Å². The summed E-state index contributed by atoms with van der Waals surface area (Å²) in [7, 11) is 0. The molecule has 1 aromatic heterocycles. The molecule has 0 bridgehead atoms. The number of benzene rings is 12. The molecule has 13 rings (SSSR count). The molecule has 13 aromatic rings. The summed E-state index contributed by atoms with van der Waals surface area (Å²) in [5.74, 6) is 0.689. The second-order valence-corrected chi connectivity index (χ2v) is 17.2. The van der Waals surface area contributed by atoms with Crippen LogP contribution in [0.5, 0.6) is 0 Å². The maximum atomic E-state index is 5.37. The van der Waals surface area contributed by atoms with E-state index in [1.807, 2.05) is 0 Å². The minimum atomic E-state index is 0.689. The summed E-state index contributed by atoms with van der Waals surface area (Å²) in [6.45, 7) is 0. The fraction of sp³-hybridized carbons (Fsp3) is 0. The van der Waals surface area contributed by atoms with E-state index in [-0.39, 0.29) is 0 Å². The highest BCUT2D eigenvalue weighted by Crippen LogP contribution is 2.42. The van der Waals surface area contributed by atoms with Crippen LogP contribution in [0.4, 0.5) is 0 Å². The van der Waals surface area contributed by atoms with Crippen LogP contribution in [0.25, 0.3) is 132 Å². The molecule has 306 valence electrons. The maximum Gasteiger partial charge on any atom is 0.161 e. The second-order valence-electron chi connectivity index (χ2n) is 17.2. The van der Waals surface area contributed by atoms with Crippen molar-refractivity contribution in [2.75, 3.05) is 0 Å². The molecule has 0 saturated heterocycles. The topological polar surface area (TPSA) is 25.8 Å². The molecule has 0 N–H and O–H groups in total. The number of aromatic nitrogens is 2. The molecular weight excluding hydrogens is 797 g/mol. The van der Waals surface area contributed by atoms with Crippen molar-refractivity contribution in [3.63, 3.8) is 0 Å². The Balaban J connectivity index is 0.964. The quantitative estimate of drug-likeness (QED) is 0.123. The van der Waals surface area contributed by atoms with Gasteiger partial charge in [0.25, 0.3) is 0 Å². The number of nitrogens with zero attached hydrogens (tertiary/aromatic N) is 2. The molecule has 0 saturated carbocycles. The standard InChI is InChI=1S/C64H40N2/c1-2-14-41(15-3-1)50-20-12-13-25-57(50)64-65-60(44-26-30-46(31-27-44)62-53-23-10-6-18-48(53)38-58-51-21-8-4-16-42(51)34-36-55(58)62)40-61(66-64)45-28-32-47(33-29-45)63-54-24-11-7-19-49(54)39-59-52-22-9-5-17-43(52)35-37-56(59)63/h1-40H. The lowest BCUT2D eigenvalue weighted by molar-refractivity contribution is 1.18. The minimum Gasteiger partial charge on any atom is -0.228 e. The van der Waals surface area contributed by atoms with E-state index in [1.54, 1.807) is 0 Å². The van der Waals surface area contributed by atoms with Gasteiger partial charge in [0.2, 0.25) is 0 Å². The van der Waals surface area contributed by atoms with E-state index in [0.29, 0.717) is 5.82 Å². The smallest absolute Gasteiger partial charge is 0.161 e. The Labute approximate surface area is 382 Å². The Morgan fingerprint density at radius 1 is 0.212 bits per heavy atom. The van der Waals surface area contributed by atoms with E-state index in [9.17, 15) is 0 Å². The highest BCUT2D eigenvalue weighted by atomic mass is 14.9. The van der Waals surface area contributed by atoms with E-state index in [2.05, 4.69) is 243 Å². The lowest BCUT2D eigenvalue weighted by atomic mass is 9.89. The molecule has 0 aliphatic heterocycles. The van der Waals surface area contributed by atoms with Crippen molar-refractivity contribution < 1.29 is 0 Å². The normalized spacial score (nSPS) is 11.6. The first-order chi connectivity index (χ1) is 32.7. The Hall–Kier alpha value is -8.72. The van der Waals surface area contributed by atoms with Crippen molar-refractivity contribution in [2.24, 2.45) is 0 Å². The third kappa shape index (κ3) is 6.34. The highest BCUT2D eigenvalue weighted by Gasteiger charge is 2.18. The van der Waals surface area contributed by atoms with Gasteiger partial charge in [-0.15, -0.1) is 0 Å². The molecule has 0 spiro atoms. The summed E-state index contributed by atoms with van der Waals surface area (Å²) in [6.07, 6.45) is 0. The Morgan fingerprint density at radius 3 is 1.11 bits per heavy atom. The van der Waals surface area contributed by atoms with E-state index in [4.69, 9.17) is 9.97 Å². The van der Waals surface area contributed by atoms with Crippen molar-refractivity contribution in [3.8, 4) is 67.3 Å². The van der Waals surface area contributed by atoms with Crippen LogP contribution in [-0.2, 0) is 0 Å². The van der Waals surface area contributed by atoms with Crippen LogP contribution in [0, 0.1) is 0 Å². The predicted molar refractivity (Wildman–Crippen MR) is 280 cm³/mol. The summed E-state index contributed by atoms with van der Waals surface area (Å²) in [6, 6.07) is 87.7. The molecule has 0 unspecified atom stereocenters. The minimum absolute atomic E-state index is 0.689. The van der Waals surface area contributed by atoms with Crippen LogP contribution in [0.2, 0.25) is 0 Å². The number of hydrogen-bond acceptors (Lipinski definition) is 2. The molecular formula is C64H40N2. The molecule has 0 aliphatic rings. The monoisotopic (exact) mass is 836 g/mol. The molecule has 2 nitrogen and oxygen atoms in total. The van der Waals surface area contributed by atoms with Crippen molar-refractivity contribution in [1.82, 2.24) is 9.97 Å². The average Bonchev–Trinajstić information content (AvgIpc) is 3.39. The average molecular weight is 837 g/mol. The van der Waals surface area contributed by atoms with Gasteiger partial charge in [-0.3, -0.25) is 0 Å². The van der Waals surface area contributed by atoms with E-state index in [0.717, 1.165) is 39.2 Å². The Morgan fingerprint density at radius 2 is 0.606 bits per heavy atom. The van der Waals surface area contributed by atoms with Crippen molar-refractivity contribution in [1.29, 1.82) is 0 Å². The second kappa shape index (κ2) is 15.5. The van der Waals surface area contributed by atoms with Gasteiger partial charge in [-0.25, -0.2) is 9.97 Å². The zero-order valence-electron chi connectivity index (χ0n) is 36.0. The first-order valence-corrected chi connectivity index (χ1v) is 22.6. The van der Waals surface area contributed by atoms with Gasteiger partial charge in [-0.2, -0.15) is 0 Å². The molecule has 0 atom stereocenters. The van der Waals surface area contributed by atoms with Gasteiger partial charge in [-0.05, 0) is 116 Å². The SMILES string of the molecule is c1ccc(-c2ccccc2-c2nc(-c3ccc(-c4c5ccccc5cc5c4ccc4ccccc45)cc3)cc(-c3ccc(-c4c5ccccc5cc5c4ccc4ccccc45)cc3)n2)cc1. The number of fused-ring (bicyclic) bond motifs is 8. The van der Waals surface area contributed by atoms with Gasteiger partial charge >= 0.3 is 0 Å². The largest absolute Gasteiger partial charge is 0.228 e. The summed E-state index contributed by atoms with van der Waals surface area (Å²) >= 11 is 0. The third-order valence-electron chi connectivity index (χ3n) is 13.5. The van der Waals surface area contributed by atoms with Crippen LogP contribution >= 0.6 is 0 Å². The lowest BCUT2D eigenvalue weighted by Crippen LogP contribution is -1.97. The summed E-state index contributed by atoms with van der Waals surface area (Å²) in [5.41, 5.74) is 11.8. The summed E-state index contributed by atoms with van der Waals surface area (Å²) < 4.78 is 0.